The van der Waals surface area contributed by atoms with Crippen LogP contribution in [-0.2, 0) is 6.54 Å². The molecule has 0 aliphatic rings. The van der Waals surface area contributed by atoms with Crippen LogP contribution in [0.15, 0.2) is 28.1 Å². The number of rotatable bonds is 3. The van der Waals surface area contributed by atoms with E-state index in [4.69, 9.17) is 0 Å². The highest BCUT2D eigenvalue weighted by Crippen LogP contribution is 2.19. The van der Waals surface area contributed by atoms with Gasteiger partial charge in [-0.25, -0.2) is 9.37 Å². The third-order valence-electron chi connectivity index (χ3n) is 2.29. The van der Waals surface area contributed by atoms with Crippen molar-refractivity contribution in [3.8, 4) is 0 Å². The van der Waals surface area contributed by atoms with Crippen LogP contribution in [0.25, 0.3) is 0 Å². The second kappa shape index (κ2) is 5.58. The van der Waals surface area contributed by atoms with E-state index in [1.807, 2.05) is 12.3 Å². The van der Waals surface area contributed by atoms with E-state index in [0.717, 1.165) is 10.7 Å². The number of hydrogen-bond donors (Lipinski definition) is 1. The highest BCUT2D eigenvalue weighted by molar-refractivity contribution is 9.10. The molecule has 2 rings (SSSR count). The molecule has 1 aromatic carbocycles. The van der Waals surface area contributed by atoms with Gasteiger partial charge in [-0.15, -0.1) is 11.3 Å². The molecule has 94 valence electrons. The molecule has 1 N–H and O–H groups in total. The van der Waals surface area contributed by atoms with E-state index in [0.29, 0.717) is 11.0 Å². The summed E-state index contributed by atoms with van der Waals surface area (Å²) < 4.78 is 14.0. The van der Waals surface area contributed by atoms with E-state index in [-0.39, 0.29) is 5.56 Å². The summed E-state index contributed by atoms with van der Waals surface area (Å²) in [5, 5.41) is 5.45. The number of nitrogens with one attached hydrogen (secondary N) is 1. The van der Waals surface area contributed by atoms with Gasteiger partial charge >= 0.3 is 0 Å². The van der Waals surface area contributed by atoms with Crippen molar-refractivity contribution in [3.63, 3.8) is 0 Å². The molecule has 6 heteroatoms. The third kappa shape index (κ3) is 2.94. The van der Waals surface area contributed by atoms with Gasteiger partial charge in [-0.05, 0) is 35.0 Å². The maximum atomic E-state index is 13.5. The molecule has 2 aromatic rings. The van der Waals surface area contributed by atoms with Crippen LogP contribution in [0.5, 0.6) is 0 Å². The lowest BCUT2D eigenvalue weighted by Crippen LogP contribution is -2.24. The molecule has 0 fully saturated rings. The van der Waals surface area contributed by atoms with Gasteiger partial charge in [-0.1, -0.05) is 6.07 Å². The SMILES string of the molecule is Cc1nc(CNC(=O)c2c(F)cccc2Br)cs1. The van der Waals surface area contributed by atoms with E-state index in [1.54, 1.807) is 12.1 Å². The number of carbonyl (C=O) groups is 1. The van der Waals surface area contributed by atoms with Gasteiger partial charge in [-0.2, -0.15) is 0 Å². The van der Waals surface area contributed by atoms with Crippen molar-refractivity contribution in [1.29, 1.82) is 0 Å². The zero-order valence-corrected chi connectivity index (χ0v) is 11.9. The van der Waals surface area contributed by atoms with Crippen LogP contribution in [0.1, 0.15) is 21.1 Å². The number of nitrogens with zero attached hydrogens (tertiary/aromatic N) is 1. The number of hydrogen-bond acceptors (Lipinski definition) is 3. The Labute approximate surface area is 116 Å². The first-order chi connectivity index (χ1) is 8.58. The monoisotopic (exact) mass is 328 g/mol. The number of thiazole rings is 1. The largest absolute Gasteiger partial charge is 0.346 e. The van der Waals surface area contributed by atoms with E-state index in [9.17, 15) is 9.18 Å². The minimum atomic E-state index is -0.545. The van der Waals surface area contributed by atoms with Crippen molar-refractivity contribution in [3.05, 3.63) is 50.1 Å². The van der Waals surface area contributed by atoms with E-state index >= 15 is 0 Å². The Kier molecular flexibility index (Phi) is 4.08. The lowest BCUT2D eigenvalue weighted by Gasteiger charge is -2.06. The predicted octanol–water partition coefficient (Wildman–Crippen LogP) is 3.28. The van der Waals surface area contributed by atoms with Crippen LogP contribution < -0.4 is 5.32 Å². The topological polar surface area (TPSA) is 42.0 Å². The fourth-order valence-electron chi connectivity index (χ4n) is 1.46. The first kappa shape index (κ1) is 13.2. The van der Waals surface area contributed by atoms with Gasteiger partial charge in [0.05, 0.1) is 22.8 Å². The summed E-state index contributed by atoms with van der Waals surface area (Å²) in [7, 11) is 0. The minimum absolute atomic E-state index is 0.0180. The molecular formula is C12H10BrFN2OS. The van der Waals surface area contributed by atoms with Crippen LogP contribution in [0.4, 0.5) is 4.39 Å². The van der Waals surface area contributed by atoms with Gasteiger partial charge in [-0.3, -0.25) is 4.79 Å². The van der Waals surface area contributed by atoms with Crippen molar-refractivity contribution >= 4 is 33.2 Å². The smallest absolute Gasteiger partial charge is 0.255 e. The second-order valence-electron chi connectivity index (χ2n) is 3.64. The Morgan fingerprint density at radius 1 is 1.56 bits per heavy atom. The van der Waals surface area contributed by atoms with Crippen LogP contribution in [-0.4, -0.2) is 10.9 Å². The summed E-state index contributed by atoms with van der Waals surface area (Å²) in [6.45, 7) is 2.19. The van der Waals surface area contributed by atoms with Crippen molar-refractivity contribution in [2.75, 3.05) is 0 Å². The quantitative estimate of drug-likeness (QED) is 0.939. The molecule has 0 aliphatic carbocycles. The molecular weight excluding hydrogens is 319 g/mol. The van der Waals surface area contributed by atoms with E-state index < -0.39 is 11.7 Å². The van der Waals surface area contributed by atoms with E-state index in [2.05, 4.69) is 26.2 Å². The van der Waals surface area contributed by atoms with Gasteiger partial charge in [0.2, 0.25) is 0 Å². The fraction of sp³-hybridized carbons (Fsp3) is 0.167. The Morgan fingerprint density at radius 3 is 2.94 bits per heavy atom. The molecule has 1 heterocycles. The summed E-state index contributed by atoms with van der Waals surface area (Å²) in [5.41, 5.74) is 0.794. The Balaban J connectivity index is 2.08. The minimum Gasteiger partial charge on any atom is -0.346 e. The van der Waals surface area contributed by atoms with Gasteiger partial charge in [0.1, 0.15) is 5.82 Å². The molecule has 0 unspecified atom stereocenters. The number of aromatic nitrogens is 1. The van der Waals surface area contributed by atoms with Crippen molar-refractivity contribution in [2.24, 2.45) is 0 Å². The van der Waals surface area contributed by atoms with Gasteiger partial charge in [0, 0.05) is 9.85 Å². The van der Waals surface area contributed by atoms with Crippen LogP contribution in [0.2, 0.25) is 0 Å². The normalized spacial score (nSPS) is 10.4. The number of amides is 1. The van der Waals surface area contributed by atoms with Gasteiger partial charge < -0.3 is 5.32 Å². The first-order valence-corrected chi connectivity index (χ1v) is 6.88. The molecule has 1 aromatic heterocycles. The average Bonchev–Trinajstić information content (AvgIpc) is 2.72. The van der Waals surface area contributed by atoms with Crippen LogP contribution in [0.3, 0.4) is 0 Å². The molecule has 0 saturated heterocycles. The highest BCUT2D eigenvalue weighted by Gasteiger charge is 2.15. The summed E-state index contributed by atoms with van der Waals surface area (Å²) in [4.78, 5) is 16.1. The average molecular weight is 329 g/mol. The Morgan fingerprint density at radius 2 is 2.33 bits per heavy atom. The Hall–Kier alpha value is -1.27. The van der Waals surface area contributed by atoms with Crippen molar-refractivity contribution in [1.82, 2.24) is 10.3 Å². The summed E-state index contributed by atoms with van der Waals surface area (Å²) in [6, 6.07) is 4.43. The number of benzene rings is 1. The number of aryl methyl sites for hydroxylation is 1. The molecule has 1 amide bonds. The number of halogens is 2. The lowest BCUT2D eigenvalue weighted by molar-refractivity contribution is 0.0945. The molecule has 3 nitrogen and oxygen atoms in total. The molecule has 0 spiro atoms. The standard InChI is InChI=1S/C12H10BrFN2OS/c1-7-16-8(6-18-7)5-15-12(17)11-9(13)3-2-4-10(11)14/h2-4,6H,5H2,1H3,(H,15,17). The van der Waals surface area contributed by atoms with Crippen molar-refractivity contribution in [2.45, 2.75) is 13.5 Å². The summed E-state index contributed by atoms with van der Waals surface area (Å²) >= 11 is 4.68. The third-order valence-corrected chi connectivity index (χ3v) is 3.77. The lowest BCUT2D eigenvalue weighted by atomic mass is 10.2. The summed E-state index contributed by atoms with van der Waals surface area (Å²) in [5.74, 6) is -0.998. The van der Waals surface area contributed by atoms with Gasteiger partial charge in [0.15, 0.2) is 0 Å². The first-order valence-electron chi connectivity index (χ1n) is 5.21. The van der Waals surface area contributed by atoms with Gasteiger partial charge in [0.25, 0.3) is 5.91 Å². The molecule has 18 heavy (non-hydrogen) atoms. The Bertz CT molecular complexity index is 565. The molecule has 0 radical (unpaired) electrons. The van der Waals surface area contributed by atoms with Crippen molar-refractivity contribution < 1.29 is 9.18 Å². The molecule has 0 saturated carbocycles. The zero-order valence-electron chi connectivity index (χ0n) is 9.54. The highest BCUT2D eigenvalue weighted by atomic mass is 79.9. The number of carbonyl (C=O) groups excluding carboxylic acids is 1. The summed E-state index contributed by atoms with van der Waals surface area (Å²) in [6.07, 6.45) is 0. The molecule has 0 atom stereocenters. The predicted molar refractivity (Wildman–Crippen MR) is 72.1 cm³/mol. The van der Waals surface area contributed by atoms with Crippen LogP contribution in [0, 0.1) is 12.7 Å². The van der Waals surface area contributed by atoms with E-state index in [1.165, 1.54) is 17.4 Å². The fourth-order valence-corrected chi connectivity index (χ4v) is 2.60. The molecule has 0 aliphatic heterocycles. The zero-order chi connectivity index (χ0) is 13.1. The second-order valence-corrected chi connectivity index (χ2v) is 5.55. The maximum absolute atomic E-state index is 13.5. The maximum Gasteiger partial charge on any atom is 0.255 e. The van der Waals surface area contributed by atoms with Crippen LogP contribution >= 0.6 is 27.3 Å². The molecule has 0 bridgehead atoms.